The van der Waals surface area contributed by atoms with E-state index in [0.717, 1.165) is 25.8 Å². The largest absolute Gasteiger partial charge is 0.372 e. The van der Waals surface area contributed by atoms with E-state index in [0.29, 0.717) is 4.96 Å². The van der Waals surface area contributed by atoms with Gasteiger partial charge in [0.2, 0.25) is 11.7 Å². The van der Waals surface area contributed by atoms with Gasteiger partial charge in [0.1, 0.15) is 12.2 Å². The van der Waals surface area contributed by atoms with Gasteiger partial charge in [-0.05, 0) is 38.0 Å². The van der Waals surface area contributed by atoms with E-state index in [2.05, 4.69) is 10.3 Å². The Bertz CT molecular complexity index is 740. The van der Waals surface area contributed by atoms with Crippen molar-refractivity contribution in [1.82, 2.24) is 14.3 Å². The fraction of sp³-hybridized carbons (Fsp3) is 0.571. The molecule has 1 aliphatic heterocycles. The van der Waals surface area contributed by atoms with Crippen molar-refractivity contribution in [2.75, 3.05) is 11.9 Å². The zero-order valence-electron chi connectivity index (χ0n) is 13.1. The van der Waals surface area contributed by atoms with E-state index in [9.17, 15) is 14.9 Å². The lowest BCUT2D eigenvalue weighted by atomic mass is 10.0. The summed E-state index contributed by atoms with van der Waals surface area (Å²) < 4.78 is 1.42. The monoisotopic (exact) mass is 337 g/mol. The Morgan fingerprint density at radius 2 is 2.35 bits per heavy atom. The molecule has 3 heterocycles. The second-order valence-corrected chi connectivity index (χ2v) is 6.71. The summed E-state index contributed by atoms with van der Waals surface area (Å²) in [5.41, 5.74) is 0. The molecule has 23 heavy (non-hydrogen) atoms. The summed E-state index contributed by atoms with van der Waals surface area (Å²) in [4.78, 5) is 30.1. The third-order valence-electron chi connectivity index (χ3n) is 4.22. The number of imidazole rings is 1. The number of amides is 1. The number of likely N-dealkylation sites (tertiary alicyclic amines) is 1. The number of nitrogens with zero attached hydrogens (tertiary/aromatic N) is 4. The maximum absolute atomic E-state index is 12.6. The van der Waals surface area contributed by atoms with E-state index in [1.54, 1.807) is 18.5 Å². The normalized spacial score (nSPS) is 19.7. The average Bonchev–Trinajstić information content (AvgIpc) is 3.06. The van der Waals surface area contributed by atoms with Gasteiger partial charge in [-0.25, -0.2) is 0 Å². The highest BCUT2D eigenvalue weighted by molar-refractivity contribution is 7.15. The maximum Gasteiger partial charge on any atom is 0.372 e. The first-order valence-corrected chi connectivity index (χ1v) is 8.54. The number of carbonyl (C=O) groups is 1. The Morgan fingerprint density at radius 3 is 3.04 bits per heavy atom. The quantitative estimate of drug-likeness (QED) is 0.683. The Balaban J connectivity index is 1.81. The van der Waals surface area contributed by atoms with Crippen LogP contribution in [0.4, 0.5) is 11.6 Å². The zero-order chi connectivity index (χ0) is 16.6. The molecule has 9 heteroatoms. The SMILES string of the molecule is CC(Nc1nc2sccn2c1[N+](=O)[O-])C(=O)N1CCCCC1C. The summed E-state index contributed by atoms with van der Waals surface area (Å²) in [6.45, 7) is 4.51. The van der Waals surface area contributed by atoms with E-state index >= 15 is 0 Å². The number of thiazole rings is 1. The molecule has 8 nitrogen and oxygen atoms in total. The highest BCUT2D eigenvalue weighted by Crippen LogP contribution is 2.29. The van der Waals surface area contributed by atoms with Crippen molar-refractivity contribution in [2.24, 2.45) is 0 Å². The van der Waals surface area contributed by atoms with Gasteiger partial charge >= 0.3 is 5.82 Å². The summed E-state index contributed by atoms with van der Waals surface area (Å²) >= 11 is 1.32. The maximum atomic E-state index is 12.6. The standard InChI is InChI=1S/C14H19N5O3S/c1-9-5-3-4-6-17(9)13(20)10(2)15-11-12(19(21)22)18-7-8-23-14(18)16-11/h7-10,15H,3-6H2,1-2H3. The van der Waals surface area contributed by atoms with E-state index < -0.39 is 11.0 Å². The van der Waals surface area contributed by atoms with Gasteiger partial charge in [0.15, 0.2) is 0 Å². The molecule has 124 valence electrons. The molecule has 2 unspecified atom stereocenters. The van der Waals surface area contributed by atoms with Crippen LogP contribution >= 0.6 is 11.3 Å². The van der Waals surface area contributed by atoms with Crippen LogP contribution in [0.15, 0.2) is 11.6 Å². The minimum Gasteiger partial charge on any atom is -0.358 e. The molecule has 2 aromatic heterocycles. The highest BCUT2D eigenvalue weighted by Gasteiger charge is 2.30. The summed E-state index contributed by atoms with van der Waals surface area (Å²) in [6.07, 6.45) is 4.74. The third kappa shape index (κ3) is 2.88. The van der Waals surface area contributed by atoms with Gasteiger partial charge in [-0.2, -0.15) is 9.38 Å². The summed E-state index contributed by atoms with van der Waals surface area (Å²) in [6, 6.07) is -0.347. The molecule has 0 bridgehead atoms. The summed E-state index contributed by atoms with van der Waals surface area (Å²) in [7, 11) is 0. The van der Waals surface area contributed by atoms with Crippen LogP contribution in [0.2, 0.25) is 0 Å². The molecule has 2 aromatic rings. The molecule has 1 amide bonds. The predicted molar refractivity (Wildman–Crippen MR) is 87.8 cm³/mol. The molecule has 0 radical (unpaired) electrons. The van der Waals surface area contributed by atoms with Crippen molar-refractivity contribution in [1.29, 1.82) is 0 Å². The Morgan fingerprint density at radius 1 is 1.57 bits per heavy atom. The lowest BCUT2D eigenvalue weighted by Crippen LogP contribution is -2.48. The third-order valence-corrected chi connectivity index (χ3v) is 4.98. The van der Waals surface area contributed by atoms with Crippen molar-refractivity contribution in [3.63, 3.8) is 0 Å². The van der Waals surface area contributed by atoms with Crippen molar-refractivity contribution in [3.8, 4) is 0 Å². The molecular weight excluding hydrogens is 318 g/mol. The molecule has 0 aromatic carbocycles. The number of carbonyl (C=O) groups excluding carboxylic acids is 1. The molecule has 1 aliphatic rings. The lowest BCUT2D eigenvalue weighted by molar-refractivity contribution is -0.389. The van der Waals surface area contributed by atoms with Crippen molar-refractivity contribution < 1.29 is 9.72 Å². The topological polar surface area (TPSA) is 92.8 Å². The number of hydrogen-bond donors (Lipinski definition) is 1. The fourth-order valence-electron chi connectivity index (χ4n) is 2.99. The fourth-order valence-corrected chi connectivity index (χ4v) is 3.70. The van der Waals surface area contributed by atoms with Gasteiger partial charge in [-0.3, -0.25) is 4.79 Å². The smallest absolute Gasteiger partial charge is 0.358 e. The number of nitrogens with one attached hydrogen (secondary N) is 1. The molecule has 1 fully saturated rings. The number of aromatic nitrogens is 2. The van der Waals surface area contributed by atoms with Gasteiger partial charge in [-0.1, -0.05) is 11.3 Å². The minimum atomic E-state index is -0.557. The zero-order valence-corrected chi connectivity index (χ0v) is 13.9. The van der Waals surface area contributed by atoms with E-state index in [-0.39, 0.29) is 23.6 Å². The Hall–Kier alpha value is -2.16. The van der Waals surface area contributed by atoms with Crippen LogP contribution in [0.1, 0.15) is 33.1 Å². The molecule has 0 spiro atoms. The molecule has 3 rings (SSSR count). The lowest BCUT2D eigenvalue weighted by Gasteiger charge is -2.35. The first-order valence-electron chi connectivity index (χ1n) is 7.66. The number of nitro groups is 1. The molecule has 0 saturated carbocycles. The van der Waals surface area contributed by atoms with Crippen LogP contribution in [0.25, 0.3) is 4.96 Å². The molecule has 1 N–H and O–H groups in total. The first-order chi connectivity index (χ1) is 11.0. The molecule has 0 aliphatic carbocycles. The summed E-state index contributed by atoms with van der Waals surface area (Å²) in [5.74, 6) is -0.0252. The van der Waals surface area contributed by atoms with Crippen molar-refractivity contribution in [2.45, 2.75) is 45.2 Å². The molecule has 1 saturated heterocycles. The second-order valence-electron chi connectivity index (χ2n) is 5.84. The van der Waals surface area contributed by atoms with Gasteiger partial charge in [0.25, 0.3) is 4.96 Å². The molecule has 2 atom stereocenters. The van der Waals surface area contributed by atoms with Gasteiger partial charge in [0.05, 0.1) is 0 Å². The van der Waals surface area contributed by atoms with Crippen LogP contribution in [-0.4, -0.2) is 43.7 Å². The Labute approximate surface area is 137 Å². The number of piperidine rings is 1. The van der Waals surface area contributed by atoms with Crippen LogP contribution in [-0.2, 0) is 4.79 Å². The first kappa shape index (κ1) is 15.7. The highest BCUT2D eigenvalue weighted by atomic mass is 32.1. The van der Waals surface area contributed by atoms with E-state index in [1.807, 2.05) is 11.8 Å². The van der Waals surface area contributed by atoms with Gasteiger partial charge < -0.3 is 20.3 Å². The minimum absolute atomic E-state index is 0.0390. The van der Waals surface area contributed by atoms with Crippen LogP contribution in [0, 0.1) is 10.1 Å². The average molecular weight is 337 g/mol. The van der Waals surface area contributed by atoms with Gasteiger partial charge in [0, 0.05) is 18.0 Å². The predicted octanol–water partition coefficient (Wildman–Crippen LogP) is 2.51. The number of rotatable bonds is 4. The van der Waals surface area contributed by atoms with Crippen LogP contribution < -0.4 is 5.32 Å². The Kier molecular flexibility index (Phi) is 4.20. The van der Waals surface area contributed by atoms with Crippen LogP contribution in [0.5, 0.6) is 0 Å². The second kappa shape index (κ2) is 6.15. The van der Waals surface area contributed by atoms with Crippen molar-refractivity contribution >= 4 is 33.8 Å². The number of fused-ring (bicyclic) bond motifs is 1. The summed E-state index contributed by atoms with van der Waals surface area (Å²) in [5, 5.41) is 16.0. The van der Waals surface area contributed by atoms with Crippen molar-refractivity contribution in [3.05, 3.63) is 21.7 Å². The number of hydrogen-bond acceptors (Lipinski definition) is 6. The molecular formula is C14H19N5O3S. The van der Waals surface area contributed by atoms with Gasteiger partial charge in [-0.15, -0.1) is 0 Å². The number of anilines is 1. The van der Waals surface area contributed by atoms with E-state index in [4.69, 9.17) is 0 Å². The van der Waals surface area contributed by atoms with E-state index in [1.165, 1.54) is 15.7 Å². The van der Waals surface area contributed by atoms with Crippen LogP contribution in [0.3, 0.4) is 0 Å².